The Labute approximate surface area is 81.1 Å². The SMILES string of the molecule is CC(C)c1cc(N)c(N)c(Br)c1. The Morgan fingerprint density at radius 2 is 1.83 bits per heavy atom. The molecule has 0 fully saturated rings. The lowest BCUT2D eigenvalue weighted by Gasteiger charge is -2.09. The van der Waals surface area contributed by atoms with Crippen LogP contribution in [0.5, 0.6) is 0 Å². The molecule has 0 saturated carbocycles. The van der Waals surface area contributed by atoms with Crippen LogP contribution in [-0.4, -0.2) is 0 Å². The molecule has 0 heterocycles. The molecule has 4 N–H and O–H groups in total. The summed E-state index contributed by atoms with van der Waals surface area (Å²) in [6.45, 7) is 4.24. The van der Waals surface area contributed by atoms with Crippen LogP contribution in [0.4, 0.5) is 11.4 Å². The van der Waals surface area contributed by atoms with Crippen LogP contribution in [0.3, 0.4) is 0 Å². The Kier molecular flexibility index (Phi) is 2.62. The highest BCUT2D eigenvalue weighted by Gasteiger charge is 2.05. The lowest BCUT2D eigenvalue weighted by Crippen LogP contribution is -1.98. The van der Waals surface area contributed by atoms with E-state index in [0.717, 1.165) is 4.47 Å². The largest absolute Gasteiger partial charge is 0.397 e. The summed E-state index contributed by atoms with van der Waals surface area (Å²) in [6, 6.07) is 3.93. The van der Waals surface area contributed by atoms with Crippen molar-refractivity contribution in [1.29, 1.82) is 0 Å². The van der Waals surface area contributed by atoms with Crippen molar-refractivity contribution < 1.29 is 0 Å². The van der Waals surface area contributed by atoms with Gasteiger partial charge in [0.2, 0.25) is 0 Å². The molecule has 0 aliphatic rings. The molecule has 0 spiro atoms. The molecular weight excluding hydrogens is 216 g/mol. The molecule has 0 aliphatic carbocycles. The molecule has 0 radical (unpaired) electrons. The molecule has 1 aromatic carbocycles. The molecule has 0 bridgehead atoms. The first-order valence-corrected chi connectivity index (χ1v) is 4.66. The zero-order chi connectivity index (χ0) is 9.30. The van der Waals surface area contributed by atoms with Crippen molar-refractivity contribution >= 4 is 27.3 Å². The van der Waals surface area contributed by atoms with Gasteiger partial charge >= 0.3 is 0 Å². The third-order valence-electron chi connectivity index (χ3n) is 1.85. The second kappa shape index (κ2) is 3.35. The maximum atomic E-state index is 5.70. The number of nitrogen functional groups attached to an aromatic ring is 2. The molecule has 1 rings (SSSR count). The van der Waals surface area contributed by atoms with Gasteiger partial charge in [-0.05, 0) is 39.5 Å². The highest BCUT2D eigenvalue weighted by atomic mass is 79.9. The first kappa shape index (κ1) is 9.39. The maximum Gasteiger partial charge on any atom is 0.0692 e. The predicted octanol–water partition coefficient (Wildman–Crippen LogP) is 2.74. The van der Waals surface area contributed by atoms with Gasteiger partial charge in [-0.2, -0.15) is 0 Å². The van der Waals surface area contributed by atoms with Gasteiger partial charge < -0.3 is 11.5 Å². The Hall–Kier alpha value is -0.700. The highest BCUT2D eigenvalue weighted by molar-refractivity contribution is 9.10. The molecule has 0 aromatic heterocycles. The molecule has 0 saturated heterocycles. The van der Waals surface area contributed by atoms with E-state index in [4.69, 9.17) is 11.5 Å². The van der Waals surface area contributed by atoms with Crippen LogP contribution in [0.2, 0.25) is 0 Å². The van der Waals surface area contributed by atoms with Gasteiger partial charge in [0.1, 0.15) is 0 Å². The van der Waals surface area contributed by atoms with E-state index in [1.165, 1.54) is 5.56 Å². The lowest BCUT2D eigenvalue weighted by atomic mass is 10.0. The predicted molar refractivity (Wildman–Crippen MR) is 57.1 cm³/mol. The third kappa shape index (κ3) is 1.72. The van der Waals surface area contributed by atoms with Crippen molar-refractivity contribution in [2.75, 3.05) is 11.5 Å². The van der Waals surface area contributed by atoms with E-state index in [-0.39, 0.29) is 0 Å². The molecular formula is C9H13BrN2. The fourth-order valence-electron chi connectivity index (χ4n) is 0.994. The number of rotatable bonds is 1. The monoisotopic (exact) mass is 228 g/mol. The molecule has 2 nitrogen and oxygen atoms in total. The molecule has 0 atom stereocenters. The van der Waals surface area contributed by atoms with Gasteiger partial charge in [0.15, 0.2) is 0 Å². The van der Waals surface area contributed by atoms with Crippen LogP contribution in [0.1, 0.15) is 25.3 Å². The van der Waals surface area contributed by atoms with Crippen LogP contribution in [0.15, 0.2) is 16.6 Å². The van der Waals surface area contributed by atoms with Crippen LogP contribution >= 0.6 is 15.9 Å². The van der Waals surface area contributed by atoms with Gasteiger partial charge in [-0.1, -0.05) is 13.8 Å². The number of benzene rings is 1. The average molecular weight is 229 g/mol. The standard InChI is InChI=1S/C9H13BrN2/c1-5(2)6-3-7(10)9(12)8(11)4-6/h3-5H,11-12H2,1-2H3. The minimum atomic E-state index is 0.476. The van der Waals surface area contributed by atoms with E-state index in [9.17, 15) is 0 Å². The zero-order valence-electron chi connectivity index (χ0n) is 7.26. The first-order chi connectivity index (χ1) is 5.52. The van der Waals surface area contributed by atoms with Crippen molar-refractivity contribution in [3.63, 3.8) is 0 Å². The lowest BCUT2D eigenvalue weighted by molar-refractivity contribution is 0.866. The molecule has 66 valence electrons. The Morgan fingerprint density at radius 3 is 2.25 bits per heavy atom. The number of nitrogens with two attached hydrogens (primary N) is 2. The molecule has 3 heteroatoms. The number of halogens is 1. The van der Waals surface area contributed by atoms with E-state index >= 15 is 0 Å². The summed E-state index contributed by atoms with van der Waals surface area (Å²) in [5.41, 5.74) is 13.9. The van der Waals surface area contributed by atoms with Crippen LogP contribution < -0.4 is 11.5 Å². The van der Waals surface area contributed by atoms with Crippen molar-refractivity contribution in [2.45, 2.75) is 19.8 Å². The second-order valence-corrected chi connectivity index (χ2v) is 4.01. The summed E-state index contributed by atoms with van der Waals surface area (Å²) in [4.78, 5) is 0. The fourth-order valence-corrected chi connectivity index (χ4v) is 1.49. The van der Waals surface area contributed by atoms with E-state index in [0.29, 0.717) is 17.3 Å². The molecule has 0 aliphatic heterocycles. The topological polar surface area (TPSA) is 52.0 Å². The first-order valence-electron chi connectivity index (χ1n) is 3.86. The smallest absolute Gasteiger partial charge is 0.0692 e. The second-order valence-electron chi connectivity index (χ2n) is 3.16. The van der Waals surface area contributed by atoms with Gasteiger partial charge in [0.05, 0.1) is 11.4 Å². The van der Waals surface area contributed by atoms with Gasteiger partial charge in [-0.25, -0.2) is 0 Å². The number of hydrogen-bond acceptors (Lipinski definition) is 2. The van der Waals surface area contributed by atoms with E-state index < -0.39 is 0 Å². The number of anilines is 2. The van der Waals surface area contributed by atoms with Crippen molar-refractivity contribution in [3.05, 3.63) is 22.2 Å². The number of hydrogen-bond donors (Lipinski definition) is 2. The van der Waals surface area contributed by atoms with Gasteiger partial charge in [-0.15, -0.1) is 0 Å². The van der Waals surface area contributed by atoms with Crippen molar-refractivity contribution in [3.8, 4) is 0 Å². The normalized spacial score (nSPS) is 10.7. The Bertz CT molecular complexity index is 272. The summed E-state index contributed by atoms with van der Waals surface area (Å²) in [6.07, 6.45) is 0. The van der Waals surface area contributed by atoms with E-state index in [1.54, 1.807) is 0 Å². The molecule has 0 amide bonds. The van der Waals surface area contributed by atoms with Crippen molar-refractivity contribution in [1.82, 2.24) is 0 Å². The van der Waals surface area contributed by atoms with E-state index in [1.807, 2.05) is 12.1 Å². The summed E-state index contributed by atoms with van der Waals surface area (Å²) in [7, 11) is 0. The fraction of sp³-hybridized carbons (Fsp3) is 0.333. The highest BCUT2D eigenvalue weighted by Crippen LogP contribution is 2.30. The minimum Gasteiger partial charge on any atom is -0.397 e. The maximum absolute atomic E-state index is 5.70. The van der Waals surface area contributed by atoms with Gasteiger partial charge in [0, 0.05) is 4.47 Å². The molecule has 1 aromatic rings. The zero-order valence-corrected chi connectivity index (χ0v) is 8.85. The molecule has 12 heavy (non-hydrogen) atoms. The van der Waals surface area contributed by atoms with Gasteiger partial charge in [-0.3, -0.25) is 0 Å². The summed E-state index contributed by atoms with van der Waals surface area (Å²) >= 11 is 3.36. The molecule has 0 unspecified atom stereocenters. The van der Waals surface area contributed by atoms with Crippen LogP contribution in [0.25, 0.3) is 0 Å². The third-order valence-corrected chi connectivity index (χ3v) is 2.51. The quantitative estimate of drug-likeness (QED) is 0.727. The van der Waals surface area contributed by atoms with Gasteiger partial charge in [0.25, 0.3) is 0 Å². The summed E-state index contributed by atoms with van der Waals surface area (Å²) in [5.74, 6) is 0.476. The van der Waals surface area contributed by atoms with E-state index in [2.05, 4.69) is 29.8 Å². The summed E-state index contributed by atoms with van der Waals surface area (Å²) < 4.78 is 0.881. The van der Waals surface area contributed by atoms with Crippen LogP contribution in [-0.2, 0) is 0 Å². The van der Waals surface area contributed by atoms with Crippen LogP contribution in [0, 0.1) is 0 Å². The van der Waals surface area contributed by atoms with Crippen molar-refractivity contribution in [2.24, 2.45) is 0 Å². The summed E-state index contributed by atoms with van der Waals surface area (Å²) in [5, 5.41) is 0. The Balaban J connectivity index is 3.21. The Morgan fingerprint density at radius 1 is 1.25 bits per heavy atom. The minimum absolute atomic E-state index is 0.476. The average Bonchev–Trinajstić information content (AvgIpc) is 1.99.